The zero-order valence-corrected chi connectivity index (χ0v) is 27.1. The van der Waals surface area contributed by atoms with E-state index in [1.807, 2.05) is 6.08 Å². The molecule has 4 rings (SSSR count). The molecule has 3 aliphatic rings. The fourth-order valence-electron chi connectivity index (χ4n) is 6.32. The van der Waals surface area contributed by atoms with E-state index in [0.717, 1.165) is 102 Å². The van der Waals surface area contributed by atoms with Crippen molar-refractivity contribution in [3.8, 4) is 0 Å². The van der Waals surface area contributed by atoms with Gasteiger partial charge in [-0.3, -0.25) is 9.80 Å². The quantitative estimate of drug-likeness (QED) is 0.301. The normalized spacial score (nSPS) is 27.7. The molecular weight excluding hydrogens is 590 g/mol. The van der Waals surface area contributed by atoms with Crippen LogP contribution in [-0.4, -0.2) is 104 Å². The summed E-state index contributed by atoms with van der Waals surface area (Å²) < 4.78 is 32.5. The molecule has 3 atom stereocenters. The maximum Gasteiger partial charge on any atom is 0.229 e. The van der Waals surface area contributed by atoms with Crippen molar-refractivity contribution in [2.24, 2.45) is 0 Å². The number of nitrogens with zero attached hydrogens (tertiary/aromatic N) is 4. The fourth-order valence-corrected chi connectivity index (χ4v) is 7.30. The predicted octanol–water partition coefficient (Wildman–Crippen LogP) is 3.73. The second kappa shape index (κ2) is 16.2. The van der Waals surface area contributed by atoms with Gasteiger partial charge in [0.2, 0.25) is 16.0 Å². The number of aliphatic hydroxyl groups is 1. The van der Waals surface area contributed by atoms with Crippen LogP contribution in [0.3, 0.4) is 0 Å². The molecule has 2 aliphatic carbocycles. The lowest BCUT2D eigenvalue weighted by molar-refractivity contribution is 0.0769. The summed E-state index contributed by atoms with van der Waals surface area (Å²) in [6.45, 7) is 9.36. The van der Waals surface area contributed by atoms with E-state index in [1.54, 1.807) is 13.3 Å². The zero-order chi connectivity index (χ0) is 30.8. The number of aromatic nitrogens is 2. The number of rotatable bonds is 10. The maximum absolute atomic E-state index is 11.9. The lowest BCUT2D eigenvalue weighted by Crippen LogP contribution is -2.50. The average Bonchev–Trinajstić information content (AvgIpc) is 3.00. The molecule has 13 heteroatoms. The molecule has 11 nitrogen and oxygen atoms in total. The molecule has 2 fully saturated rings. The van der Waals surface area contributed by atoms with E-state index in [1.165, 1.54) is 6.26 Å². The first-order chi connectivity index (χ1) is 20.7. The van der Waals surface area contributed by atoms with Gasteiger partial charge in [0, 0.05) is 50.8 Å². The van der Waals surface area contributed by atoms with Crippen molar-refractivity contribution in [3.05, 3.63) is 47.0 Å². The Bertz CT molecular complexity index is 1250. The third kappa shape index (κ3) is 10.2. The average molecular weight is 638 g/mol. The number of allylic oxidation sites excluding steroid dienone is 3. The van der Waals surface area contributed by atoms with Crippen molar-refractivity contribution in [3.63, 3.8) is 0 Å². The summed E-state index contributed by atoms with van der Waals surface area (Å²) in [5, 5.41) is 16.3. The van der Waals surface area contributed by atoms with Crippen LogP contribution in [-0.2, 0) is 14.8 Å². The first-order valence-electron chi connectivity index (χ1n) is 15.4. The maximum atomic E-state index is 11.9. The topological polar surface area (TPSA) is 132 Å². The molecule has 1 saturated heterocycles. The van der Waals surface area contributed by atoms with E-state index in [4.69, 9.17) is 16.3 Å². The molecule has 1 unspecified atom stereocenters. The Labute approximate surface area is 261 Å². The largest absolute Gasteiger partial charge is 0.494 e. The number of piperazine rings is 1. The van der Waals surface area contributed by atoms with E-state index in [2.05, 4.69) is 47.8 Å². The Balaban J connectivity index is 1.47. The number of β-amino-alcohol motifs (C(OH)–C–C–N with tert-alkyl or cyclic N) is 1. The number of halogens is 1. The van der Waals surface area contributed by atoms with Crippen LogP contribution in [0.5, 0.6) is 0 Å². The number of aliphatic hydroxyl groups excluding tert-OH is 1. The standard InChI is InChI=1S/C30H48ClN7O4S/c1-22-9-8-11-23(38-17-15-37(16-18-38)19-20-39)10-4-5-14-27(28(22)42-2)34-30-32-21-24(31)29(35-30)33-25-12-6-7-13-26(25)36-43(3,40)41/h5,14,21,23,25-26,36,39H,1,4,6-13,15-20H2,2-3H3,(H2,32,33,34,35)/b14-5-,28-27-/t23?,25-,26-/m1/s1. The molecule has 0 aromatic carbocycles. The zero-order valence-electron chi connectivity index (χ0n) is 25.5. The number of hydrogen-bond acceptors (Lipinski definition) is 10. The fraction of sp³-hybridized carbons (Fsp3) is 0.667. The van der Waals surface area contributed by atoms with Crippen molar-refractivity contribution in [1.29, 1.82) is 0 Å². The minimum absolute atomic E-state index is 0.139. The first-order valence-corrected chi connectivity index (χ1v) is 17.7. The highest BCUT2D eigenvalue weighted by Gasteiger charge is 2.29. The summed E-state index contributed by atoms with van der Waals surface area (Å²) in [6.07, 6.45) is 15.3. The Kier molecular flexibility index (Phi) is 12.7. The second-order valence-electron chi connectivity index (χ2n) is 11.7. The summed E-state index contributed by atoms with van der Waals surface area (Å²) >= 11 is 6.49. The molecule has 1 aliphatic heterocycles. The summed E-state index contributed by atoms with van der Waals surface area (Å²) in [6, 6.07) is 0.124. The Morgan fingerprint density at radius 3 is 2.56 bits per heavy atom. The van der Waals surface area contributed by atoms with Crippen LogP contribution in [0.4, 0.5) is 11.8 Å². The van der Waals surface area contributed by atoms with Gasteiger partial charge >= 0.3 is 0 Å². The number of ether oxygens (including phenoxy) is 1. The van der Waals surface area contributed by atoms with Gasteiger partial charge in [0.05, 0.1) is 31.9 Å². The van der Waals surface area contributed by atoms with Gasteiger partial charge in [-0.1, -0.05) is 37.1 Å². The Morgan fingerprint density at radius 1 is 1.12 bits per heavy atom. The van der Waals surface area contributed by atoms with E-state index in [-0.39, 0.29) is 18.7 Å². The van der Waals surface area contributed by atoms with Gasteiger partial charge in [-0.05, 0) is 56.6 Å². The van der Waals surface area contributed by atoms with E-state index < -0.39 is 10.0 Å². The minimum Gasteiger partial charge on any atom is -0.494 e. The second-order valence-corrected chi connectivity index (χ2v) is 13.9. The van der Waals surface area contributed by atoms with Crippen LogP contribution in [0.1, 0.15) is 57.8 Å². The SMILES string of the molecule is C=C1CCCC(N2CCN(CCO)CC2)CC/C=C\C(Nc2ncc(Cl)c(N[C@@H]3CCCC[C@H]3NS(C)(=O)=O)n2)=C/1OC. The monoisotopic (exact) mass is 637 g/mol. The van der Waals surface area contributed by atoms with Gasteiger partial charge in [0.25, 0.3) is 0 Å². The smallest absolute Gasteiger partial charge is 0.229 e. The number of sulfonamides is 1. The van der Waals surface area contributed by atoms with Crippen LogP contribution in [0, 0.1) is 0 Å². The first kappa shape index (κ1) is 33.7. The summed E-state index contributed by atoms with van der Waals surface area (Å²) in [5.41, 5.74) is 1.64. The molecule has 240 valence electrons. The van der Waals surface area contributed by atoms with Crippen LogP contribution in [0.25, 0.3) is 0 Å². The number of nitrogens with one attached hydrogen (secondary N) is 3. The van der Waals surface area contributed by atoms with Gasteiger partial charge in [-0.25, -0.2) is 18.1 Å². The van der Waals surface area contributed by atoms with Crippen LogP contribution in [0.2, 0.25) is 5.02 Å². The van der Waals surface area contributed by atoms with E-state index in [0.29, 0.717) is 28.6 Å². The molecule has 0 bridgehead atoms. The van der Waals surface area contributed by atoms with E-state index in [9.17, 15) is 13.5 Å². The van der Waals surface area contributed by atoms with Gasteiger partial charge in [0.15, 0.2) is 5.82 Å². The van der Waals surface area contributed by atoms with Gasteiger partial charge in [0.1, 0.15) is 10.8 Å². The van der Waals surface area contributed by atoms with Crippen molar-refractivity contribution in [1.82, 2.24) is 24.5 Å². The van der Waals surface area contributed by atoms with Crippen LogP contribution in [0.15, 0.2) is 42.0 Å². The molecule has 4 N–H and O–H groups in total. The lowest BCUT2D eigenvalue weighted by atomic mass is 9.91. The van der Waals surface area contributed by atoms with Crippen LogP contribution >= 0.6 is 11.6 Å². The Hall–Kier alpha value is -2.22. The van der Waals surface area contributed by atoms with Crippen molar-refractivity contribution in [2.75, 3.05) is 63.3 Å². The third-order valence-corrected chi connectivity index (χ3v) is 9.53. The van der Waals surface area contributed by atoms with Gasteiger partial charge in [-0.2, -0.15) is 4.98 Å². The summed E-state index contributed by atoms with van der Waals surface area (Å²) in [7, 11) is -1.70. The highest BCUT2D eigenvalue weighted by atomic mass is 35.5. The molecule has 2 heterocycles. The van der Waals surface area contributed by atoms with Gasteiger partial charge in [-0.15, -0.1) is 0 Å². The minimum atomic E-state index is -3.35. The highest BCUT2D eigenvalue weighted by Crippen LogP contribution is 2.29. The van der Waals surface area contributed by atoms with Crippen molar-refractivity contribution < 1.29 is 18.3 Å². The van der Waals surface area contributed by atoms with E-state index >= 15 is 0 Å². The predicted molar refractivity (Wildman–Crippen MR) is 173 cm³/mol. The molecule has 1 saturated carbocycles. The number of methoxy groups -OCH3 is 1. The number of hydrogen-bond donors (Lipinski definition) is 4. The van der Waals surface area contributed by atoms with Crippen molar-refractivity contribution in [2.45, 2.75) is 75.9 Å². The molecule has 0 radical (unpaired) electrons. The molecule has 0 amide bonds. The summed E-state index contributed by atoms with van der Waals surface area (Å²) in [5.74, 6) is 1.48. The van der Waals surface area contributed by atoms with Gasteiger partial charge < -0.3 is 20.5 Å². The molecule has 0 spiro atoms. The Morgan fingerprint density at radius 2 is 1.86 bits per heavy atom. The number of anilines is 2. The molecular formula is C30H48ClN7O4S. The summed E-state index contributed by atoms with van der Waals surface area (Å²) in [4.78, 5) is 14.0. The molecule has 43 heavy (non-hydrogen) atoms. The molecule has 1 aromatic rings. The van der Waals surface area contributed by atoms with Crippen LogP contribution < -0.4 is 15.4 Å². The lowest BCUT2D eigenvalue weighted by Gasteiger charge is -2.39. The molecule has 1 aromatic heterocycles. The van der Waals surface area contributed by atoms with Crippen molar-refractivity contribution >= 4 is 33.4 Å². The highest BCUT2D eigenvalue weighted by molar-refractivity contribution is 7.88. The third-order valence-electron chi connectivity index (χ3n) is 8.52.